The third-order valence-corrected chi connectivity index (χ3v) is 5.55. The molecule has 1 saturated heterocycles. The van der Waals surface area contributed by atoms with Crippen LogP contribution < -0.4 is 24.4 Å². The van der Waals surface area contributed by atoms with Crippen molar-refractivity contribution in [3.63, 3.8) is 0 Å². The lowest BCUT2D eigenvalue weighted by Gasteiger charge is -2.26. The zero-order valence-electron chi connectivity index (χ0n) is 18.9. The van der Waals surface area contributed by atoms with Gasteiger partial charge < -0.3 is 33.2 Å². The van der Waals surface area contributed by atoms with Gasteiger partial charge in [0.15, 0.2) is 28.4 Å². The maximum Gasteiger partial charge on any atom is 0.204 e. The molecule has 1 aliphatic heterocycles. The molecule has 2 heterocycles. The molecule has 9 heteroatoms. The average Bonchev–Trinajstić information content (AvgIpc) is 2.84. The third-order valence-electron chi connectivity index (χ3n) is 5.55. The van der Waals surface area contributed by atoms with E-state index in [-0.39, 0.29) is 22.5 Å². The van der Waals surface area contributed by atoms with E-state index in [4.69, 9.17) is 28.1 Å². The van der Waals surface area contributed by atoms with E-state index in [2.05, 4.69) is 4.90 Å². The molecule has 33 heavy (non-hydrogen) atoms. The van der Waals surface area contributed by atoms with Crippen molar-refractivity contribution in [2.45, 2.75) is 0 Å². The molecule has 2 aromatic carbocycles. The Kier molecular flexibility index (Phi) is 6.90. The summed E-state index contributed by atoms with van der Waals surface area (Å²) in [6, 6.07) is 8.09. The highest BCUT2D eigenvalue weighted by Gasteiger charge is 2.21. The molecule has 1 fully saturated rings. The number of ether oxygens (including phenoxy) is 5. The molecule has 0 radical (unpaired) electrons. The number of hydrogen-bond donors (Lipinski definition) is 1. The van der Waals surface area contributed by atoms with Crippen molar-refractivity contribution in [1.82, 2.24) is 4.90 Å². The van der Waals surface area contributed by atoms with Gasteiger partial charge in [-0.1, -0.05) is 0 Å². The standard InChI is InChI=1S/C24H27NO8/c1-28-17-5-4-15(12-19(17)29-2)18-13-16(26)22-20(33-18)14-21(24(30-3)23(22)27)32-11-8-25-6-9-31-10-7-25/h4-5,12-14,27H,6-11H2,1-3H3. The topological polar surface area (TPSA) is 99.8 Å². The molecule has 1 aliphatic rings. The van der Waals surface area contributed by atoms with Gasteiger partial charge in [-0.25, -0.2) is 0 Å². The Hall–Kier alpha value is -3.43. The molecule has 0 aliphatic carbocycles. The molecule has 176 valence electrons. The number of phenolic OH excluding ortho intramolecular Hbond substituents is 1. The zero-order valence-corrected chi connectivity index (χ0v) is 18.9. The highest BCUT2D eigenvalue weighted by atomic mass is 16.5. The Balaban J connectivity index is 1.69. The summed E-state index contributed by atoms with van der Waals surface area (Å²) in [4.78, 5) is 15.1. The lowest BCUT2D eigenvalue weighted by Crippen LogP contribution is -2.38. The third kappa shape index (κ3) is 4.69. The first-order valence-electron chi connectivity index (χ1n) is 10.6. The molecular weight excluding hydrogens is 430 g/mol. The molecule has 0 bridgehead atoms. The van der Waals surface area contributed by atoms with Crippen LogP contribution in [-0.4, -0.2) is 70.8 Å². The van der Waals surface area contributed by atoms with Crippen LogP contribution in [0.3, 0.4) is 0 Å². The van der Waals surface area contributed by atoms with Crippen LogP contribution in [0.1, 0.15) is 0 Å². The Morgan fingerprint density at radius 2 is 1.73 bits per heavy atom. The highest BCUT2D eigenvalue weighted by Crippen LogP contribution is 2.42. The SMILES string of the molecule is COc1ccc(-c2cc(=O)c3c(O)c(OC)c(OCCN4CCOCC4)cc3o2)cc1OC. The Labute approximate surface area is 191 Å². The Bertz CT molecular complexity index is 1180. The Morgan fingerprint density at radius 1 is 0.970 bits per heavy atom. The van der Waals surface area contributed by atoms with E-state index >= 15 is 0 Å². The van der Waals surface area contributed by atoms with Gasteiger partial charge in [-0.2, -0.15) is 0 Å². The fourth-order valence-electron chi connectivity index (χ4n) is 3.81. The fourth-order valence-corrected chi connectivity index (χ4v) is 3.81. The highest BCUT2D eigenvalue weighted by molar-refractivity contribution is 5.89. The number of rotatable bonds is 8. The first kappa shape index (κ1) is 22.8. The van der Waals surface area contributed by atoms with Gasteiger partial charge in [-0.15, -0.1) is 0 Å². The Morgan fingerprint density at radius 3 is 2.42 bits per heavy atom. The second kappa shape index (κ2) is 10.0. The predicted molar refractivity (Wildman–Crippen MR) is 122 cm³/mol. The summed E-state index contributed by atoms with van der Waals surface area (Å²) in [6.45, 7) is 4.15. The maximum absolute atomic E-state index is 12.9. The number of benzene rings is 2. The number of hydrogen-bond acceptors (Lipinski definition) is 9. The molecule has 4 rings (SSSR count). The normalized spacial score (nSPS) is 14.3. The number of fused-ring (bicyclic) bond motifs is 1. The molecule has 0 spiro atoms. The van der Waals surface area contributed by atoms with Gasteiger partial charge >= 0.3 is 0 Å². The van der Waals surface area contributed by atoms with Crippen molar-refractivity contribution in [2.75, 3.05) is 60.8 Å². The van der Waals surface area contributed by atoms with Crippen molar-refractivity contribution in [3.05, 3.63) is 40.6 Å². The van der Waals surface area contributed by atoms with Crippen LogP contribution in [0.5, 0.6) is 28.7 Å². The summed E-state index contributed by atoms with van der Waals surface area (Å²) in [6.07, 6.45) is 0. The van der Waals surface area contributed by atoms with Crippen molar-refractivity contribution >= 4 is 11.0 Å². The molecule has 9 nitrogen and oxygen atoms in total. The molecule has 0 amide bonds. The first-order chi connectivity index (χ1) is 16.0. The van der Waals surface area contributed by atoms with Crippen molar-refractivity contribution < 1.29 is 33.2 Å². The number of methoxy groups -OCH3 is 3. The van der Waals surface area contributed by atoms with Crippen molar-refractivity contribution in [3.8, 4) is 40.1 Å². The molecule has 0 atom stereocenters. The quantitative estimate of drug-likeness (QED) is 0.547. The number of nitrogens with zero attached hydrogens (tertiary/aromatic N) is 1. The number of aromatic hydroxyl groups is 1. The average molecular weight is 457 g/mol. The largest absolute Gasteiger partial charge is 0.504 e. The molecule has 0 saturated carbocycles. The van der Waals surface area contributed by atoms with E-state index in [1.165, 1.54) is 20.3 Å². The van der Waals surface area contributed by atoms with Crippen LogP contribution in [0, 0.1) is 0 Å². The predicted octanol–water partition coefficient (Wildman–Crippen LogP) is 2.90. The summed E-state index contributed by atoms with van der Waals surface area (Å²) >= 11 is 0. The summed E-state index contributed by atoms with van der Waals surface area (Å²) in [5.41, 5.74) is 0.403. The summed E-state index contributed by atoms with van der Waals surface area (Å²) in [5, 5.41) is 10.8. The van der Waals surface area contributed by atoms with E-state index in [1.54, 1.807) is 31.4 Å². The van der Waals surface area contributed by atoms with Crippen molar-refractivity contribution in [1.29, 1.82) is 0 Å². The summed E-state index contributed by atoms with van der Waals surface area (Å²) in [5.74, 6) is 1.45. The minimum atomic E-state index is -0.406. The summed E-state index contributed by atoms with van der Waals surface area (Å²) in [7, 11) is 4.49. The zero-order chi connectivity index (χ0) is 23.4. The summed E-state index contributed by atoms with van der Waals surface area (Å²) < 4.78 is 33.2. The van der Waals surface area contributed by atoms with E-state index in [0.717, 1.165) is 13.1 Å². The monoisotopic (exact) mass is 457 g/mol. The molecular formula is C24H27NO8. The number of morpholine rings is 1. The van der Waals surface area contributed by atoms with E-state index in [9.17, 15) is 9.90 Å². The van der Waals surface area contributed by atoms with Gasteiger partial charge in [-0.05, 0) is 18.2 Å². The van der Waals surface area contributed by atoms with Gasteiger partial charge in [0.2, 0.25) is 5.75 Å². The van der Waals surface area contributed by atoms with Crippen LogP contribution in [0.15, 0.2) is 39.5 Å². The van der Waals surface area contributed by atoms with Gasteiger partial charge in [0.1, 0.15) is 23.3 Å². The van der Waals surface area contributed by atoms with Crippen LogP contribution in [0.25, 0.3) is 22.3 Å². The van der Waals surface area contributed by atoms with Crippen LogP contribution in [0.2, 0.25) is 0 Å². The molecule has 1 N–H and O–H groups in total. The van der Waals surface area contributed by atoms with E-state index < -0.39 is 5.43 Å². The second-order valence-corrected chi connectivity index (χ2v) is 7.48. The van der Waals surface area contributed by atoms with Crippen LogP contribution in [0.4, 0.5) is 0 Å². The number of phenols is 1. The van der Waals surface area contributed by atoms with Crippen LogP contribution in [-0.2, 0) is 4.74 Å². The first-order valence-corrected chi connectivity index (χ1v) is 10.6. The van der Waals surface area contributed by atoms with Gasteiger partial charge in [0.05, 0.1) is 34.5 Å². The molecule has 1 aromatic heterocycles. The minimum Gasteiger partial charge on any atom is -0.504 e. The lowest BCUT2D eigenvalue weighted by atomic mass is 10.1. The van der Waals surface area contributed by atoms with Gasteiger partial charge in [0.25, 0.3) is 0 Å². The van der Waals surface area contributed by atoms with Gasteiger partial charge in [-0.3, -0.25) is 9.69 Å². The van der Waals surface area contributed by atoms with Crippen LogP contribution >= 0.6 is 0 Å². The maximum atomic E-state index is 12.9. The smallest absolute Gasteiger partial charge is 0.204 e. The second-order valence-electron chi connectivity index (χ2n) is 7.48. The minimum absolute atomic E-state index is 0.0246. The molecule has 3 aromatic rings. The lowest BCUT2D eigenvalue weighted by molar-refractivity contribution is 0.0321. The van der Waals surface area contributed by atoms with E-state index in [1.807, 2.05) is 0 Å². The fraction of sp³-hybridized carbons (Fsp3) is 0.375. The van der Waals surface area contributed by atoms with Crippen molar-refractivity contribution in [2.24, 2.45) is 0 Å². The van der Waals surface area contributed by atoms with Gasteiger partial charge in [0, 0.05) is 37.3 Å². The van der Waals surface area contributed by atoms with E-state index in [0.29, 0.717) is 54.9 Å². The molecule has 0 unspecified atom stereocenters.